The van der Waals surface area contributed by atoms with Crippen molar-refractivity contribution < 1.29 is 23.5 Å². The topological polar surface area (TPSA) is 91.1 Å². The summed E-state index contributed by atoms with van der Waals surface area (Å²) in [5.41, 5.74) is -1.66. The molecule has 0 spiro atoms. The van der Waals surface area contributed by atoms with E-state index in [9.17, 15) is 18.4 Å². The van der Waals surface area contributed by atoms with Crippen molar-refractivity contribution in [2.45, 2.75) is 30.8 Å². The first-order valence-electron chi connectivity index (χ1n) is 7.18. The Morgan fingerprint density at radius 3 is 2.62 bits per heavy atom. The van der Waals surface area contributed by atoms with Crippen molar-refractivity contribution in [3.8, 4) is 12.3 Å². The fraction of sp³-hybridized carbons (Fsp3) is 0.375. The molecule has 1 aliphatic heterocycles. The van der Waals surface area contributed by atoms with Gasteiger partial charge in [-0.05, 0) is 12.1 Å². The predicted octanol–water partition coefficient (Wildman–Crippen LogP) is 2.56. The van der Waals surface area contributed by atoms with Crippen LogP contribution in [0.2, 0.25) is 0 Å². The minimum atomic E-state index is -3.84. The zero-order valence-corrected chi connectivity index (χ0v) is 12.6. The van der Waals surface area contributed by atoms with Crippen molar-refractivity contribution in [2.24, 2.45) is 10.2 Å². The zero-order chi connectivity index (χ0) is 17.8. The summed E-state index contributed by atoms with van der Waals surface area (Å²) in [6.45, 7) is -0.0371. The van der Waals surface area contributed by atoms with Gasteiger partial charge in [-0.1, -0.05) is 12.1 Å². The Hall–Kier alpha value is -2.82. The first-order valence-corrected chi connectivity index (χ1v) is 7.18. The Balaban J connectivity index is 1.94. The number of alkyl halides is 2. The fourth-order valence-electron chi connectivity index (χ4n) is 2.13. The molecule has 1 aliphatic rings. The van der Waals surface area contributed by atoms with E-state index in [0.29, 0.717) is 12.8 Å². The van der Waals surface area contributed by atoms with Crippen molar-refractivity contribution in [3.63, 3.8) is 0 Å². The summed E-state index contributed by atoms with van der Waals surface area (Å²) in [5.74, 6) is -4.24. The second-order valence-electron chi connectivity index (χ2n) is 5.35. The van der Waals surface area contributed by atoms with Gasteiger partial charge in [0.1, 0.15) is 0 Å². The number of amides is 1. The maximum atomic E-state index is 14.2. The summed E-state index contributed by atoms with van der Waals surface area (Å²) in [6, 6.07) is 4.12. The highest BCUT2D eigenvalue weighted by atomic mass is 19.3. The number of rotatable bonds is 8. The lowest BCUT2D eigenvalue weighted by atomic mass is 10.0. The molecule has 0 unspecified atom stereocenters. The maximum absolute atomic E-state index is 14.2. The Bertz CT molecular complexity index is 720. The lowest BCUT2D eigenvalue weighted by Crippen LogP contribution is -2.39. The summed E-state index contributed by atoms with van der Waals surface area (Å²) >= 11 is 0. The van der Waals surface area contributed by atoms with Gasteiger partial charge in [0.15, 0.2) is 5.66 Å². The average molecular weight is 335 g/mol. The van der Waals surface area contributed by atoms with E-state index in [1.807, 2.05) is 0 Å². The van der Waals surface area contributed by atoms with E-state index in [4.69, 9.17) is 11.5 Å². The van der Waals surface area contributed by atoms with Crippen molar-refractivity contribution in [1.29, 1.82) is 0 Å². The molecule has 1 heterocycles. The maximum Gasteiger partial charge on any atom is 0.349 e. The van der Waals surface area contributed by atoms with Gasteiger partial charge in [-0.15, -0.1) is 12.3 Å². The number of carboxylic acids is 1. The van der Waals surface area contributed by atoms with Gasteiger partial charge in [-0.2, -0.15) is 19.0 Å². The third-order valence-corrected chi connectivity index (χ3v) is 3.62. The van der Waals surface area contributed by atoms with E-state index >= 15 is 0 Å². The van der Waals surface area contributed by atoms with Gasteiger partial charge in [-0.3, -0.25) is 4.79 Å². The predicted molar refractivity (Wildman–Crippen MR) is 80.6 cm³/mol. The van der Waals surface area contributed by atoms with Crippen molar-refractivity contribution in [2.75, 3.05) is 6.54 Å². The van der Waals surface area contributed by atoms with Crippen LogP contribution in [0, 0.1) is 12.3 Å². The van der Waals surface area contributed by atoms with Crippen LogP contribution < -0.4 is 5.32 Å². The highest BCUT2D eigenvalue weighted by Crippen LogP contribution is 2.36. The Morgan fingerprint density at radius 2 is 2.04 bits per heavy atom. The molecule has 6 nitrogen and oxygen atoms in total. The molecule has 8 heteroatoms. The number of carbonyl (C=O) groups is 2. The molecular formula is C16H15F2N3O3. The van der Waals surface area contributed by atoms with Crippen LogP contribution in [0.4, 0.5) is 8.78 Å². The number of hydrogen-bond acceptors (Lipinski definition) is 4. The van der Waals surface area contributed by atoms with E-state index < -0.39 is 29.0 Å². The van der Waals surface area contributed by atoms with Gasteiger partial charge in [0, 0.05) is 31.4 Å². The number of carbonyl (C=O) groups excluding carboxylic acids is 1. The normalized spacial score (nSPS) is 14.7. The van der Waals surface area contributed by atoms with Gasteiger partial charge in [0.2, 0.25) is 0 Å². The molecular weight excluding hydrogens is 320 g/mol. The second-order valence-corrected chi connectivity index (χ2v) is 5.35. The van der Waals surface area contributed by atoms with Crippen LogP contribution in [0.15, 0.2) is 34.5 Å². The summed E-state index contributed by atoms with van der Waals surface area (Å²) in [7, 11) is 0. The van der Waals surface area contributed by atoms with Crippen molar-refractivity contribution >= 4 is 11.9 Å². The van der Waals surface area contributed by atoms with E-state index in [0.717, 1.165) is 18.2 Å². The number of halogens is 2. The Labute approximate surface area is 137 Å². The molecule has 0 radical (unpaired) electrons. The molecule has 0 atom stereocenters. The highest BCUT2D eigenvalue weighted by Gasteiger charge is 2.43. The molecule has 0 aliphatic carbocycles. The van der Waals surface area contributed by atoms with E-state index in [1.54, 1.807) is 0 Å². The second kappa shape index (κ2) is 6.74. The molecule has 0 saturated carbocycles. The summed E-state index contributed by atoms with van der Waals surface area (Å²) in [5, 5.41) is 18.7. The Kier molecular flexibility index (Phi) is 4.93. The summed E-state index contributed by atoms with van der Waals surface area (Å²) in [4.78, 5) is 22.6. The molecule has 1 amide bonds. The van der Waals surface area contributed by atoms with Crippen LogP contribution in [0.5, 0.6) is 0 Å². The SMILES string of the molecule is C#CCCC1(CCNC(=O)C(F)(F)c2cccc(C(=O)O)c2)N=N1. The van der Waals surface area contributed by atoms with Crippen LogP contribution in [0.3, 0.4) is 0 Å². The number of aromatic carboxylic acids is 1. The molecule has 2 N–H and O–H groups in total. The molecule has 0 bridgehead atoms. The number of nitrogens with zero attached hydrogens (tertiary/aromatic N) is 2. The first kappa shape index (κ1) is 17.5. The number of nitrogens with one attached hydrogen (secondary N) is 1. The molecule has 0 fully saturated rings. The smallest absolute Gasteiger partial charge is 0.349 e. The molecule has 1 aromatic carbocycles. The number of carboxylic acid groups (broad SMARTS) is 1. The largest absolute Gasteiger partial charge is 0.478 e. The van der Waals surface area contributed by atoms with Gasteiger partial charge in [0.25, 0.3) is 5.91 Å². The fourth-order valence-corrected chi connectivity index (χ4v) is 2.13. The third-order valence-electron chi connectivity index (χ3n) is 3.62. The van der Waals surface area contributed by atoms with E-state index in [-0.39, 0.29) is 18.5 Å². The minimum absolute atomic E-state index is 0.0371. The molecule has 126 valence electrons. The molecule has 24 heavy (non-hydrogen) atoms. The van der Waals surface area contributed by atoms with Crippen molar-refractivity contribution in [1.82, 2.24) is 5.32 Å². The molecule has 1 aromatic rings. The monoisotopic (exact) mass is 335 g/mol. The van der Waals surface area contributed by atoms with Crippen LogP contribution in [0.1, 0.15) is 35.2 Å². The summed E-state index contributed by atoms with van der Waals surface area (Å²) in [6.07, 6.45) is 6.40. The summed E-state index contributed by atoms with van der Waals surface area (Å²) < 4.78 is 28.3. The standard InChI is InChI=1S/C16H15F2N3O3/c1-2-3-7-15(20-21-15)8-9-19-14(24)16(17,18)12-6-4-5-11(10-12)13(22)23/h1,4-6,10H,3,7-9H2,(H,19,24)(H,22,23). The van der Waals surface area contributed by atoms with Crippen LogP contribution >= 0.6 is 0 Å². The number of terminal acetylenes is 1. The molecule has 2 rings (SSSR count). The van der Waals surface area contributed by atoms with E-state index in [1.165, 1.54) is 6.07 Å². The van der Waals surface area contributed by atoms with E-state index in [2.05, 4.69) is 21.5 Å². The number of benzene rings is 1. The molecule has 0 aromatic heterocycles. The third kappa shape index (κ3) is 3.93. The van der Waals surface area contributed by atoms with Gasteiger partial charge in [0.05, 0.1) is 5.56 Å². The van der Waals surface area contributed by atoms with Crippen LogP contribution in [0.25, 0.3) is 0 Å². The first-order chi connectivity index (χ1) is 11.3. The van der Waals surface area contributed by atoms with Gasteiger partial charge >= 0.3 is 11.9 Å². The highest BCUT2D eigenvalue weighted by molar-refractivity contribution is 5.89. The van der Waals surface area contributed by atoms with Gasteiger partial charge in [-0.25, -0.2) is 4.79 Å². The average Bonchev–Trinajstić information content (AvgIpc) is 3.33. The quantitative estimate of drug-likeness (QED) is 0.715. The van der Waals surface area contributed by atoms with Crippen LogP contribution in [-0.4, -0.2) is 29.2 Å². The van der Waals surface area contributed by atoms with Crippen LogP contribution in [-0.2, 0) is 10.7 Å². The zero-order valence-electron chi connectivity index (χ0n) is 12.6. The lowest BCUT2D eigenvalue weighted by molar-refractivity contribution is -0.147. The minimum Gasteiger partial charge on any atom is -0.478 e. The Morgan fingerprint density at radius 1 is 1.33 bits per heavy atom. The number of hydrogen-bond donors (Lipinski definition) is 2. The van der Waals surface area contributed by atoms with Crippen molar-refractivity contribution in [3.05, 3.63) is 35.4 Å². The lowest BCUT2D eigenvalue weighted by Gasteiger charge is -2.17. The van der Waals surface area contributed by atoms with Gasteiger partial charge < -0.3 is 10.4 Å². The molecule has 0 saturated heterocycles.